The summed E-state index contributed by atoms with van der Waals surface area (Å²) in [5.74, 6) is -1.67. The summed E-state index contributed by atoms with van der Waals surface area (Å²) < 4.78 is 0. The molecule has 0 spiro atoms. The SMILES string of the molecule is [NH3+]C[C@H](Cc1ccc(Cl)c(Cl)c1)C(=O)[O-]. The second kappa shape index (κ2) is 5.35. The van der Waals surface area contributed by atoms with E-state index in [1.54, 1.807) is 18.2 Å². The molecule has 0 aliphatic rings. The van der Waals surface area contributed by atoms with Crippen molar-refractivity contribution in [1.29, 1.82) is 0 Å². The smallest absolute Gasteiger partial charge is 0.0824 e. The fourth-order valence-electron chi connectivity index (χ4n) is 1.25. The Hall–Kier alpha value is -0.770. The lowest BCUT2D eigenvalue weighted by atomic mass is 10.00. The minimum Gasteiger partial charge on any atom is -0.550 e. The Balaban J connectivity index is 2.80. The van der Waals surface area contributed by atoms with E-state index in [1.807, 2.05) is 0 Å². The van der Waals surface area contributed by atoms with Gasteiger partial charge >= 0.3 is 0 Å². The molecule has 82 valence electrons. The maximum atomic E-state index is 10.7. The highest BCUT2D eigenvalue weighted by molar-refractivity contribution is 6.42. The number of carboxylic acids is 1. The molecular weight excluding hydrogens is 237 g/mol. The normalized spacial score (nSPS) is 12.5. The van der Waals surface area contributed by atoms with Crippen LogP contribution in [-0.4, -0.2) is 12.5 Å². The van der Waals surface area contributed by atoms with Crippen molar-refractivity contribution in [2.75, 3.05) is 6.54 Å². The van der Waals surface area contributed by atoms with Gasteiger partial charge in [0.2, 0.25) is 0 Å². The van der Waals surface area contributed by atoms with Crippen LogP contribution in [0.5, 0.6) is 0 Å². The Labute approximate surface area is 97.8 Å². The van der Waals surface area contributed by atoms with Crippen LogP contribution in [0.4, 0.5) is 0 Å². The van der Waals surface area contributed by atoms with Crippen LogP contribution in [0, 0.1) is 5.92 Å². The molecule has 0 heterocycles. The van der Waals surface area contributed by atoms with Gasteiger partial charge in [0.25, 0.3) is 0 Å². The lowest BCUT2D eigenvalue weighted by Gasteiger charge is -2.14. The summed E-state index contributed by atoms with van der Waals surface area (Å²) in [6, 6.07) is 5.06. The molecule has 0 aromatic heterocycles. The van der Waals surface area contributed by atoms with E-state index < -0.39 is 11.9 Å². The van der Waals surface area contributed by atoms with Crippen LogP contribution in [0.3, 0.4) is 0 Å². The van der Waals surface area contributed by atoms with Gasteiger partial charge in [-0.1, -0.05) is 29.3 Å². The van der Waals surface area contributed by atoms with E-state index in [4.69, 9.17) is 23.2 Å². The Morgan fingerprint density at radius 1 is 1.40 bits per heavy atom. The third kappa shape index (κ3) is 3.38. The van der Waals surface area contributed by atoms with E-state index in [0.29, 0.717) is 23.0 Å². The molecule has 1 atom stereocenters. The second-order valence-corrected chi connectivity index (χ2v) is 4.07. The number of aliphatic carboxylic acids is 1. The molecule has 1 aromatic rings. The molecule has 1 aromatic carbocycles. The zero-order valence-corrected chi connectivity index (χ0v) is 9.52. The van der Waals surface area contributed by atoms with E-state index in [1.165, 1.54) is 0 Å². The average Bonchev–Trinajstić information content (AvgIpc) is 2.19. The molecule has 0 aliphatic carbocycles. The van der Waals surface area contributed by atoms with Crippen molar-refractivity contribution >= 4 is 29.2 Å². The molecule has 0 radical (unpaired) electrons. The summed E-state index contributed by atoms with van der Waals surface area (Å²) >= 11 is 11.6. The van der Waals surface area contributed by atoms with Crippen molar-refractivity contribution in [2.45, 2.75) is 6.42 Å². The maximum absolute atomic E-state index is 10.7. The molecule has 0 bridgehead atoms. The number of carboxylic acid groups (broad SMARTS) is 1. The minimum atomic E-state index is -1.09. The monoisotopic (exact) mass is 247 g/mol. The van der Waals surface area contributed by atoms with Crippen molar-refractivity contribution in [1.82, 2.24) is 0 Å². The number of rotatable bonds is 4. The highest BCUT2D eigenvalue weighted by Gasteiger charge is 2.11. The summed E-state index contributed by atoms with van der Waals surface area (Å²) in [6.07, 6.45) is 0.364. The van der Waals surface area contributed by atoms with Gasteiger partial charge in [0.1, 0.15) is 0 Å². The third-order valence-corrected chi connectivity index (χ3v) is 2.89. The van der Waals surface area contributed by atoms with E-state index >= 15 is 0 Å². The minimum absolute atomic E-state index is 0.294. The lowest BCUT2D eigenvalue weighted by Crippen LogP contribution is -2.57. The second-order valence-electron chi connectivity index (χ2n) is 3.26. The number of carbonyl (C=O) groups is 1. The van der Waals surface area contributed by atoms with Gasteiger partial charge in [-0.2, -0.15) is 0 Å². The number of hydrogen-bond acceptors (Lipinski definition) is 2. The molecule has 3 N–H and O–H groups in total. The van der Waals surface area contributed by atoms with Gasteiger partial charge in [0, 0.05) is 0 Å². The molecule has 15 heavy (non-hydrogen) atoms. The lowest BCUT2D eigenvalue weighted by molar-refractivity contribution is -0.387. The van der Waals surface area contributed by atoms with Gasteiger partial charge in [0.15, 0.2) is 0 Å². The van der Waals surface area contributed by atoms with Crippen molar-refractivity contribution in [2.24, 2.45) is 5.92 Å². The number of carbonyl (C=O) groups excluding carboxylic acids is 1. The van der Waals surface area contributed by atoms with E-state index in [9.17, 15) is 9.90 Å². The molecule has 5 heteroatoms. The highest BCUT2D eigenvalue weighted by Crippen LogP contribution is 2.23. The zero-order valence-electron chi connectivity index (χ0n) is 8.00. The first kappa shape index (κ1) is 12.3. The molecule has 1 rings (SSSR count). The van der Waals surface area contributed by atoms with Crippen molar-refractivity contribution < 1.29 is 15.6 Å². The molecule has 0 unspecified atom stereocenters. The third-order valence-electron chi connectivity index (χ3n) is 2.15. The molecular formula is C10H11Cl2NO2. The molecule has 0 aliphatic heterocycles. The summed E-state index contributed by atoms with van der Waals surface area (Å²) in [6.45, 7) is 0.294. The standard InChI is InChI=1S/C10H11Cl2NO2/c11-8-2-1-6(4-9(8)12)3-7(5-13)10(14)15/h1-2,4,7H,3,5,13H2,(H,14,15)/t7-/m0/s1. The fourth-order valence-corrected chi connectivity index (χ4v) is 1.58. The fraction of sp³-hybridized carbons (Fsp3) is 0.300. The maximum Gasteiger partial charge on any atom is 0.0824 e. The number of benzene rings is 1. The van der Waals surface area contributed by atoms with Gasteiger partial charge in [0.05, 0.1) is 28.5 Å². The zero-order chi connectivity index (χ0) is 11.4. The van der Waals surface area contributed by atoms with Crippen molar-refractivity contribution in [3.05, 3.63) is 33.8 Å². The van der Waals surface area contributed by atoms with Crippen LogP contribution in [0.25, 0.3) is 0 Å². The van der Waals surface area contributed by atoms with Crippen LogP contribution in [0.2, 0.25) is 10.0 Å². The van der Waals surface area contributed by atoms with Crippen molar-refractivity contribution in [3.63, 3.8) is 0 Å². The van der Waals surface area contributed by atoms with E-state index in [2.05, 4.69) is 5.73 Å². The average molecular weight is 248 g/mol. The van der Waals surface area contributed by atoms with Gasteiger partial charge in [-0.05, 0) is 24.1 Å². The van der Waals surface area contributed by atoms with Crippen LogP contribution >= 0.6 is 23.2 Å². The molecule has 0 amide bonds. The Morgan fingerprint density at radius 2 is 2.07 bits per heavy atom. The Bertz CT molecular complexity index is 368. The summed E-state index contributed by atoms with van der Waals surface area (Å²) in [5.41, 5.74) is 4.39. The van der Waals surface area contributed by atoms with Crippen LogP contribution in [0.1, 0.15) is 5.56 Å². The predicted octanol–water partition coefficient (Wildman–Crippen LogP) is 0.144. The number of hydrogen-bond donors (Lipinski definition) is 1. The largest absolute Gasteiger partial charge is 0.550 e. The van der Waals surface area contributed by atoms with E-state index in [-0.39, 0.29) is 0 Å². The quantitative estimate of drug-likeness (QED) is 0.823. The van der Waals surface area contributed by atoms with Crippen LogP contribution < -0.4 is 10.8 Å². The Kier molecular flexibility index (Phi) is 4.39. The first-order valence-corrected chi connectivity index (χ1v) is 5.24. The van der Waals surface area contributed by atoms with Gasteiger partial charge < -0.3 is 15.6 Å². The van der Waals surface area contributed by atoms with E-state index in [0.717, 1.165) is 5.56 Å². The van der Waals surface area contributed by atoms with Gasteiger partial charge in [-0.15, -0.1) is 0 Å². The summed E-state index contributed by atoms with van der Waals surface area (Å²) in [5, 5.41) is 11.6. The number of quaternary nitrogens is 1. The Morgan fingerprint density at radius 3 is 2.53 bits per heavy atom. The topological polar surface area (TPSA) is 67.8 Å². The molecule has 3 nitrogen and oxygen atoms in total. The number of halogens is 2. The predicted molar refractivity (Wildman–Crippen MR) is 56.4 cm³/mol. The molecule has 0 saturated carbocycles. The van der Waals surface area contributed by atoms with Gasteiger partial charge in [-0.3, -0.25) is 0 Å². The molecule has 0 saturated heterocycles. The first-order valence-electron chi connectivity index (χ1n) is 4.48. The van der Waals surface area contributed by atoms with Crippen molar-refractivity contribution in [3.8, 4) is 0 Å². The summed E-state index contributed by atoms with van der Waals surface area (Å²) in [4.78, 5) is 10.7. The van der Waals surface area contributed by atoms with Crippen LogP contribution in [0.15, 0.2) is 18.2 Å². The van der Waals surface area contributed by atoms with Gasteiger partial charge in [-0.25, -0.2) is 0 Å². The first-order chi connectivity index (χ1) is 7.04. The van der Waals surface area contributed by atoms with Crippen LogP contribution in [-0.2, 0) is 11.2 Å². The summed E-state index contributed by atoms with van der Waals surface area (Å²) in [7, 11) is 0. The molecule has 0 fully saturated rings. The highest BCUT2D eigenvalue weighted by atomic mass is 35.5.